The van der Waals surface area contributed by atoms with E-state index in [1.54, 1.807) is 0 Å². The molecule has 0 aliphatic heterocycles. The first-order valence-corrected chi connectivity index (χ1v) is 7.03. The summed E-state index contributed by atoms with van der Waals surface area (Å²) in [4.78, 5) is 17.7. The van der Waals surface area contributed by atoms with Crippen LogP contribution in [0, 0.1) is 5.92 Å². The fraction of sp³-hybridized carbons (Fsp3) is 0.571. The van der Waals surface area contributed by atoms with Gasteiger partial charge in [-0.1, -0.05) is 25.4 Å². The van der Waals surface area contributed by atoms with Crippen molar-refractivity contribution in [2.24, 2.45) is 5.92 Å². The molecule has 0 bridgehead atoms. The maximum atomic E-state index is 11.3. The van der Waals surface area contributed by atoms with E-state index in [1.807, 2.05) is 0 Å². The minimum atomic E-state index is -0.950. The molecular formula is C14H19ClN2O2. The van der Waals surface area contributed by atoms with Crippen molar-refractivity contribution in [1.82, 2.24) is 4.98 Å². The van der Waals surface area contributed by atoms with Crippen LogP contribution in [0.3, 0.4) is 0 Å². The average molecular weight is 283 g/mol. The van der Waals surface area contributed by atoms with Crippen molar-refractivity contribution in [2.75, 3.05) is 11.4 Å². The van der Waals surface area contributed by atoms with Gasteiger partial charge in [-0.15, -0.1) is 0 Å². The Morgan fingerprint density at radius 3 is 2.74 bits per heavy atom. The summed E-state index contributed by atoms with van der Waals surface area (Å²) >= 11 is 5.92. The first kappa shape index (κ1) is 14.1. The van der Waals surface area contributed by atoms with Crippen LogP contribution in [-0.2, 0) is 0 Å². The molecule has 0 aromatic carbocycles. The van der Waals surface area contributed by atoms with E-state index in [-0.39, 0.29) is 5.56 Å². The van der Waals surface area contributed by atoms with Crippen molar-refractivity contribution in [3.05, 3.63) is 22.8 Å². The number of rotatable bonds is 6. The van der Waals surface area contributed by atoms with Crippen molar-refractivity contribution in [3.8, 4) is 0 Å². The van der Waals surface area contributed by atoms with Crippen LogP contribution < -0.4 is 4.90 Å². The number of halogens is 1. The Kier molecular flexibility index (Phi) is 4.30. The van der Waals surface area contributed by atoms with Crippen LogP contribution in [0.4, 0.5) is 5.82 Å². The maximum Gasteiger partial charge on any atom is 0.339 e. The molecule has 0 atom stereocenters. The first-order chi connectivity index (χ1) is 8.99. The fourth-order valence-electron chi connectivity index (χ4n) is 2.06. The van der Waals surface area contributed by atoms with E-state index in [0.717, 1.165) is 25.8 Å². The SMILES string of the molecule is CC(C)CCN(c1nc(Cl)ccc1C(=O)O)C1CC1. The predicted molar refractivity (Wildman–Crippen MR) is 76.0 cm³/mol. The molecule has 0 saturated heterocycles. The minimum Gasteiger partial charge on any atom is -0.478 e. The largest absolute Gasteiger partial charge is 0.478 e. The molecule has 0 amide bonds. The molecule has 1 aromatic rings. The van der Waals surface area contributed by atoms with Crippen LogP contribution in [0.5, 0.6) is 0 Å². The highest BCUT2D eigenvalue weighted by Gasteiger charge is 2.32. The van der Waals surface area contributed by atoms with Crippen molar-refractivity contribution in [1.29, 1.82) is 0 Å². The Morgan fingerprint density at radius 2 is 2.21 bits per heavy atom. The smallest absolute Gasteiger partial charge is 0.339 e. The Morgan fingerprint density at radius 1 is 1.53 bits per heavy atom. The molecule has 5 heteroatoms. The Labute approximate surface area is 118 Å². The summed E-state index contributed by atoms with van der Waals surface area (Å²) in [5.74, 6) is 0.145. The van der Waals surface area contributed by atoms with Crippen LogP contribution >= 0.6 is 11.6 Å². The molecule has 0 radical (unpaired) electrons. The number of pyridine rings is 1. The molecule has 1 N–H and O–H groups in total. The molecule has 1 aromatic heterocycles. The molecule has 1 aliphatic rings. The standard InChI is InChI=1S/C14H19ClN2O2/c1-9(2)7-8-17(10-3-4-10)13-11(14(18)19)5-6-12(15)16-13/h5-6,9-10H,3-4,7-8H2,1-2H3,(H,18,19). The van der Waals surface area contributed by atoms with Crippen molar-refractivity contribution >= 4 is 23.4 Å². The Bertz CT molecular complexity index is 473. The second-order valence-corrected chi connectivity index (χ2v) is 5.80. The number of hydrogen-bond acceptors (Lipinski definition) is 3. The van der Waals surface area contributed by atoms with Gasteiger partial charge < -0.3 is 10.0 Å². The van der Waals surface area contributed by atoms with E-state index >= 15 is 0 Å². The van der Waals surface area contributed by atoms with E-state index in [2.05, 4.69) is 23.7 Å². The number of carbonyl (C=O) groups is 1. The molecule has 1 saturated carbocycles. The van der Waals surface area contributed by atoms with E-state index in [1.165, 1.54) is 12.1 Å². The van der Waals surface area contributed by atoms with E-state index < -0.39 is 5.97 Å². The summed E-state index contributed by atoms with van der Waals surface area (Å²) in [6.07, 6.45) is 3.22. The molecule has 2 rings (SSSR count). The van der Waals surface area contributed by atoms with Gasteiger partial charge in [0.2, 0.25) is 0 Å². The quantitative estimate of drug-likeness (QED) is 0.812. The van der Waals surface area contributed by atoms with Crippen LogP contribution in [-0.4, -0.2) is 28.6 Å². The second-order valence-electron chi connectivity index (χ2n) is 5.42. The molecule has 1 fully saturated rings. The summed E-state index contributed by atoms with van der Waals surface area (Å²) < 4.78 is 0. The van der Waals surface area contributed by atoms with Crippen molar-refractivity contribution < 1.29 is 9.90 Å². The van der Waals surface area contributed by atoms with Crippen molar-refractivity contribution in [2.45, 2.75) is 39.2 Å². The topological polar surface area (TPSA) is 53.4 Å². The van der Waals surface area contributed by atoms with Gasteiger partial charge in [-0.05, 0) is 37.3 Å². The van der Waals surface area contributed by atoms with Crippen LogP contribution in [0.2, 0.25) is 5.15 Å². The number of nitrogens with zero attached hydrogens (tertiary/aromatic N) is 2. The number of aromatic carboxylic acids is 1. The van der Waals surface area contributed by atoms with Gasteiger partial charge in [-0.25, -0.2) is 9.78 Å². The van der Waals surface area contributed by atoms with Gasteiger partial charge in [0.1, 0.15) is 16.5 Å². The highest BCUT2D eigenvalue weighted by atomic mass is 35.5. The third-order valence-corrected chi connectivity index (χ3v) is 3.49. The van der Waals surface area contributed by atoms with Crippen LogP contribution in [0.15, 0.2) is 12.1 Å². The molecule has 104 valence electrons. The van der Waals surface area contributed by atoms with Gasteiger partial charge in [0.15, 0.2) is 0 Å². The lowest BCUT2D eigenvalue weighted by molar-refractivity contribution is 0.0697. The number of carboxylic acids is 1. The van der Waals surface area contributed by atoms with Gasteiger partial charge in [-0.3, -0.25) is 0 Å². The van der Waals surface area contributed by atoms with Crippen molar-refractivity contribution in [3.63, 3.8) is 0 Å². The predicted octanol–water partition coefficient (Wildman–Crippen LogP) is 3.45. The van der Waals surface area contributed by atoms with Crippen LogP contribution in [0.25, 0.3) is 0 Å². The molecular weight excluding hydrogens is 264 g/mol. The maximum absolute atomic E-state index is 11.3. The monoisotopic (exact) mass is 282 g/mol. The Balaban J connectivity index is 2.29. The van der Waals surface area contributed by atoms with E-state index in [4.69, 9.17) is 11.6 Å². The number of aromatic nitrogens is 1. The number of carboxylic acid groups (broad SMARTS) is 1. The third-order valence-electron chi connectivity index (χ3n) is 3.28. The average Bonchev–Trinajstić information content (AvgIpc) is 3.13. The highest BCUT2D eigenvalue weighted by molar-refractivity contribution is 6.29. The lowest BCUT2D eigenvalue weighted by atomic mass is 10.1. The van der Waals surface area contributed by atoms with Gasteiger partial charge >= 0.3 is 5.97 Å². The molecule has 4 nitrogen and oxygen atoms in total. The zero-order valence-electron chi connectivity index (χ0n) is 11.3. The van der Waals surface area contributed by atoms with Gasteiger partial charge in [0.05, 0.1) is 0 Å². The Hall–Kier alpha value is -1.29. The van der Waals surface area contributed by atoms with Gasteiger partial charge in [0, 0.05) is 12.6 Å². The van der Waals surface area contributed by atoms with Gasteiger partial charge in [-0.2, -0.15) is 0 Å². The molecule has 19 heavy (non-hydrogen) atoms. The fourth-order valence-corrected chi connectivity index (χ4v) is 2.20. The zero-order chi connectivity index (χ0) is 14.0. The molecule has 0 unspecified atom stereocenters. The number of anilines is 1. The molecule has 0 spiro atoms. The highest BCUT2D eigenvalue weighted by Crippen LogP contribution is 2.33. The summed E-state index contributed by atoms with van der Waals surface area (Å²) in [5.41, 5.74) is 0.236. The summed E-state index contributed by atoms with van der Waals surface area (Å²) in [5, 5.41) is 9.62. The zero-order valence-corrected chi connectivity index (χ0v) is 12.0. The lowest BCUT2D eigenvalue weighted by Crippen LogP contribution is -2.30. The van der Waals surface area contributed by atoms with E-state index in [0.29, 0.717) is 22.9 Å². The van der Waals surface area contributed by atoms with Gasteiger partial charge in [0.25, 0.3) is 0 Å². The van der Waals surface area contributed by atoms with E-state index in [9.17, 15) is 9.90 Å². The molecule has 1 heterocycles. The van der Waals surface area contributed by atoms with Crippen LogP contribution in [0.1, 0.15) is 43.5 Å². The lowest BCUT2D eigenvalue weighted by Gasteiger charge is -2.25. The summed E-state index contributed by atoms with van der Waals surface area (Å²) in [6, 6.07) is 3.49. The first-order valence-electron chi connectivity index (χ1n) is 6.65. The minimum absolute atomic E-state index is 0.236. The summed E-state index contributed by atoms with van der Waals surface area (Å²) in [6.45, 7) is 5.15. The normalized spacial score (nSPS) is 14.7. The summed E-state index contributed by atoms with van der Waals surface area (Å²) in [7, 11) is 0. The third kappa shape index (κ3) is 3.60. The molecule has 1 aliphatic carbocycles. The second kappa shape index (κ2) is 5.78. The number of hydrogen-bond donors (Lipinski definition) is 1.